The van der Waals surface area contributed by atoms with Gasteiger partial charge in [0, 0.05) is 12.7 Å². The van der Waals surface area contributed by atoms with Gasteiger partial charge in [0.15, 0.2) is 18.7 Å². The Bertz CT molecular complexity index is 694. The minimum Gasteiger partial charge on any atom is -0.482 e. The lowest BCUT2D eigenvalue weighted by Crippen LogP contribution is -2.63. The number of para-hydroxylation sites is 1. The molecule has 0 radical (unpaired) electrons. The van der Waals surface area contributed by atoms with Crippen LogP contribution in [0, 0.1) is 0 Å². The van der Waals surface area contributed by atoms with E-state index in [1.54, 1.807) is 0 Å². The number of ether oxygens (including phenoxy) is 5. The summed E-state index contributed by atoms with van der Waals surface area (Å²) < 4.78 is 29.0. The summed E-state index contributed by atoms with van der Waals surface area (Å²) in [5.74, 6) is 0.632. The molecule has 4 unspecified atom stereocenters. The molecule has 2 aliphatic rings. The molecule has 2 aliphatic heterocycles. The monoisotopic (exact) mass is 358 g/mol. The number of hydrogen-bond acceptors (Lipinski definition) is 6. The van der Waals surface area contributed by atoms with Crippen LogP contribution in [0.3, 0.4) is 0 Å². The highest BCUT2D eigenvalue weighted by Gasteiger charge is 2.50. The third-order valence-electron chi connectivity index (χ3n) is 4.63. The molecular formula is C20H22O6. The summed E-state index contributed by atoms with van der Waals surface area (Å²) in [5.41, 5.74) is 0.896. The molecule has 6 heteroatoms. The maximum atomic E-state index is 10.9. The van der Waals surface area contributed by atoms with Crippen LogP contribution >= 0.6 is 0 Å². The zero-order valence-corrected chi connectivity index (χ0v) is 14.4. The fourth-order valence-corrected chi connectivity index (χ4v) is 3.32. The second kappa shape index (κ2) is 7.73. The smallest absolute Gasteiger partial charge is 0.197 e. The lowest BCUT2D eigenvalue weighted by Gasteiger charge is -2.47. The number of benzene rings is 2. The first-order chi connectivity index (χ1) is 12.8. The van der Waals surface area contributed by atoms with Crippen LogP contribution in [-0.2, 0) is 18.9 Å². The van der Waals surface area contributed by atoms with Gasteiger partial charge in [-0.15, -0.1) is 0 Å². The number of aliphatic hydroxyl groups is 1. The average molecular weight is 358 g/mol. The van der Waals surface area contributed by atoms with Crippen LogP contribution in [0.25, 0.3) is 0 Å². The number of fused-ring (bicyclic) bond motifs is 1. The minimum atomic E-state index is -0.922. The first-order valence-corrected chi connectivity index (χ1v) is 8.66. The summed E-state index contributed by atoms with van der Waals surface area (Å²) in [6, 6.07) is 18.9. The van der Waals surface area contributed by atoms with Gasteiger partial charge in [0.1, 0.15) is 24.1 Å². The number of aliphatic hydroxyl groups excluding tert-OH is 1. The zero-order valence-electron chi connectivity index (χ0n) is 14.4. The van der Waals surface area contributed by atoms with Gasteiger partial charge in [-0.3, -0.25) is 0 Å². The van der Waals surface area contributed by atoms with Crippen molar-refractivity contribution in [2.75, 3.05) is 13.7 Å². The van der Waals surface area contributed by atoms with Gasteiger partial charge in [-0.1, -0.05) is 48.5 Å². The second-order valence-corrected chi connectivity index (χ2v) is 6.34. The van der Waals surface area contributed by atoms with Crippen molar-refractivity contribution in [1.29, 1.82) is 0 Å². The van der Waals surface area contributed by atoms with Gasteiger partial charge < -0.3 is 28.8 Å². The van der Waals surface area contributed by atoms with Crippen LogP contribution < -0.4 is 4.74 Å². The number of rotatable bonds is 4. The maximum Gasteiger partial charge on any atom is 0.197 e. The molecule has 6 atom stereocenters. The lowest BCUT2D eigenvalue weighted by molar-refractivity contribution is -0.355. The summed E-state index contributed by atoms with van der Waals surface area (Å²) in [7, 11) is 1.52. The van der Waals surface area contributed by atoms with E-state index in [4.69, 9.17) is 23.7 Å². The van der Waals surface area contributed by atoms with Crippen LogP contribution in [-0.4, -0.2) is 49.5 Å². The van der Waals surface area contributed by atoms with E-state index in [2.05, 4.69) is 0 Å². The Hall–Kier alpha value is -1.96. The Labute approximate surface area is 152 Å². The summed E-state index contributed by atoms with van der Waals surface area (Å²) in [4.78, 5) is 0. The summed E-state index contributed by atoms with van der Waals surface area (Å²) in [5, 5.41) is 10.9. The number of hydrogen-bond donors (Lipinski definition) is 1. The molecular weight excluding hydrogens is 336 g/mol. The molecule has 1 N–H and O–H groups in total. The summed E-state index contributed by atoms with van der Waals surface area (Å²) in [6.45, 7) is 0.305. The Kier molecular flexibility index (Phi) is 5.19. The van der Waals surface area contributed by atoms with Gasteiger partial charge >= 0.3 is 0 Å². The molecule has 6 nitrogen and oxygen atoms in total. The minimum absolute atomic E-state index is 0.305. The van der Waals surface area contributed by atoms with Crippen LogP contribution in [0.4, 0.5) is 0 Å². The largest absolute Gasteiger partial charge is 0.482 e. The van der Waals surface area contributed by atoms with Crippen LogP contribution in [0.15, 0.2) is 60.7 Å². The predicted octanol–water partition coefficient (Wildman–Crippen LogP) is 2.28. The quantitative estimate of drug-likeness (QED) is 0.905. The van der Waals surface area contributed by atoms with Crippen LogP contribution in [0.5, 0.6) is 5.75 Å². The highest BCUT2D eigenvalue weighted by Crippen LogP contribution is 2.35. The van der Waals surface area contributed by atoms with Crippen molar-refractivity contribution in [2.45, 2.75) is 37.0 Å². The van der Waals surface area contributed by atoms with Gasteiger partial charge in [0.05, 0.1) is 6.61 Å². The predicted molar refractivity (Wildman–Crippen MR) is 92.5 cm³/mol. The fourth-order valence-electron chi connectivity index (χ4n) is 3.32. The van der Waals surface area contributed by atoms with E-state index in [-0.39, 0.29) is 0 Å². The second-order valence-electron chi connectivity index (χ2n) is 6.34. The topological polar surface area (TPSA) is 66.4 Å². The molecule has 0 aliphatic carbocycles. The highest BCUT2D eigenvalue weighted by atomic mass is 16.8. The van der Waals surface area contributed by atoms with Crippen molar-refractivity contribution in [3.05, 3.63) is 66.2 Å². The molecule has 0 bridgehead atoms. The summed E-state index contributed by atoms with van der Waals surface area (Å²) in [6.07, 6.45) is -3.90. The first-order valence-electron chi connectivity index (χ1n) is 8.66. The molecule has 26 heavy (non-hydrogen) atoms. The molecule has 0 amide bonds. The van der Waals surface area contributed by atoms with E-state index in [1.807, 2.05) is 60.7 Å². The van der Waals surface area contributed by atoms with E-state index >= 15 is 0 Å². The molecule has 2 aromatic carbocycles. The van der Waals surface area contributed by atoms with Gasteiger partial charge in [0.25, 0.3) is 0 Å². The molecule has 2 fully saturated rings. The molecule has 0 aromatic heterocycles. The van der Waals surface area contributed by atoms with Gasteiger partial charge in [-0.05, 0) is 12.1 Å². The third kappa shape index (κ3) is 3.47. The maximum absolute atomic E-state index is 10.9. The van der Waals surface area contributed by atoms with E-state index < -0.39 is 37.0 Å². The standard InChI is InChI=1S/C20H22O6/c1-22-20-18(24-14-10-6-3-7-11-14)16(21)17-15(25-20)12-23-19(26-17)13-8-4-2-5-9-13/h2-11,15-21H,12H2,1H3/t15?,16-,17?,18+,19?,20?/m0/s1. The molecule has 4 rings (SSSR count). The van der Waals surface area contributed by atoms with E-state index in [1.165, 1.54) is 7.11 Å². The van der Waals surface area contributed by atoms with Crippen molar-refractivity contribution in [3.8, 4) is 5.75 Å². The van der Waals surface area contributed by atoms with Crippen molar-refractivity contribution < 1.29 is 28.8 Å². The van der Waals surface area contributed by atoms with Gasteiger partial charge in [-0.2, -0.15) is 0 Å². The SMILES string of the molecule is COC1OC2COC(c3ccccc3)OC2[C@H](O)[C@H]1Oc1ccccc1. The van der Waals surface area contributed by atoms with E-state index in [0.717, 1.165) is 5.56 Å². The third-order valence-corrected chi connectivity index (χ3v) is 4.63. The van der Waals surface area contributed by atoms with Crippen molar-refractivity contribution >= 4 is 0 Å². The number of methoxy groups -OCH3 is 1. The molecule has 2 aromatic rings. The lowest BCUT2D eigenvalue weighted by atomic mass is 9.97. The van der Waals surface area contributed by atoms with E-state index in [0.29, 0.717) is 12.4 Å². The summed E-state index contributed by atoms with van der Waals surface area (Å²) >= 11 is 0. The van der Waals surface area contributed by atoms with Crippen molar-refractivity contribution in [1.82, 2.24) is 0 Å². The fraction of sp³-hybridized carbons (Fsp3) is 0.400. The van der Waals surface area contributed by atoms with Crippen LogP contribution in [0.1, 0.15) is 11.9 Å². The van der Waals surface area contributed by atoms with Crippen LogP contribution in [0.2, 0.25) is 0 Å². The van der Waals surface area contributed by atoms with Gasteiger partial charge in [-0.25, -0.2) is 0 Å². The Morgan fingerprint density at radius 2 is 1.65 bits per heavy atom. The highest BCUT2D eigenvalue weighted by molar-refractivity contribution is 5.22. The van der Waals surface area contributed by atoms with Crippen molar-refractivity contribution in [2.24, 2.45) is 0 Å². The average Bonchev–Trinajstić information content (AvgIpc) is 2.71. The molecule has 138 valence electrons. The molecule has 0 spiro atoms. The molecule has 2 heterocycles. The zero-order chi connectivity index (χ0) is 17.9. The first kappa shape index (κ1) is 17.5. The van der Waals surface area contributed by atoms with Gasteiger partial charge in [0.2, 0.25) is 0 Å². The van der Waals surface area contributed by atoms with Crippen molar-refractivity contribution in [3.63, 3.8) is 0 Å². The molecule has 0 saturated carbocycles. The Morgan fingerprint density at radius 3 is 2.35 bits per heavy atom. The normalized spacial score (nSPS) is 34.1. The Balaban J connectivity index is 1.52. The Morgan fingerprint density at radius 1 is 0.962 bits per heavy atom. The molecule has 2 saturated heterocycles. The van der Waals surface area contributed by atoms with E-state index in [9.17, 15) is 5.11 Å².